The molecule has 0 saturated carbocycles. The van der Waals surface area contributed by atoms with Crippen molar-refractivity contribution >= 4 is 11.6 Å². The first-order chi connectivity index (χ1) is 15.3. The minimum absolute atomic E-state index is 0.0233. The van der Waals surface area contributed by atoms with Crippen LogP contribution in [0, 0.1) is 24.2 Å². The maximum Gasteiger partial charge on any atom is 0.277 e. The van der Waals surface area contributed by atoms with Gasteiger partial charge in [-0.3, -0.25) is 9.36 Å². The predicted molar refractivity (Wildman–Crippen MR) is 110 cm³/mol. The summed E-state index contributed by atoms with van der Waals surface area (Å²) in [5.74, 6) is -3.43. The third-order valence-corrected chi connectivity index (χ3v) is 5.26. The molecule has 0 spiro atoms. The number of aromatic nitrogens is 2. The maximum atomic E-state index is 15.6. The Morgan fingerprint density at radius 3 is 2.59 bits per heavy atom. The normalized spacial score (nSPS) is 15.6. The monoisotopic (exact) mass is 441 g/mol. The summed E-state index contributed by atoms with van der Waals surface area (Å²) in [5.41, 5.74) is 5.28. The summed E-state index contributed by atoms with van der Waals surface area (Å²) < 4.78 is 50.0. The van der Waals surface area contributed by atoms with Gasteiger partial charge in [-0.1, -0.05) is 12.1 Å². The Hall–Kier alpha value is -3.84. The van der Waals surface area contributed by atoms with Gasteiger partial charge >= 0.3 is 0 Å². The molecule has 1 atom stereocenters. The molecular formula is C22H18F3N5O2. The van der Waals surface area contributed by atoms with Crippen LogP contribution in [0.3, 0.4) is 0 Å². The van der Waals surface area contributed by atoms with Gasteiger partial charge in [0.25, 0.3) is 5.91 Å². The van der Waals surface area contributed by atoms with Gasteiger partial charge in [0.15, 0.2) is 17.3 Å². The van der Waals surface area contributed by atoms with Crippen molar-refractivity contribution in [3.05, 3.63) is 71.1 Å². The summed E-state index contributed by atoms with van der Waals surface area (Å²) in [7, 11) is 1.29. The molecule has 1 aliphatic rings. The Labute approximate surface area is 181 Å². The molecular weight excluding hydrogens is 423 g/mol. The Morgan fingerprint density at radius 1 is 1.22 bits per heavy atom. The van der Waals surface area contributed by atoms with E-state index in [-0.39, 0.29) is 41.1 Å². The first-order valence-electron chi connectivity index (χ1n) is 9.68. The lowest BCUT2D eigenvalue weighted by Gasteiger charge is -2.14. The molecule has 2 N–H and O–H groups in total. The zero-order chi connectivity index (χ0) is 23.0. The number of imidazole rings is 1. The molecule has 0 aliphatic carbocycles. The van der Waals surface area contributed by atoms with Gasteiger partial charge in [-0.2, -0.15) is 4.39 Å². The first-order valence-corrected chi connectivity index (χ1v) is 9.68. The van der Waals surface area contributed by atoms with Gasteiger partial charge < -0.3 is 15.4 Å². The lowest BCUT2D eigenvalue weighted by molar-refractivity contribution is 0.0780. The summed E-state index contributed by atoms with van der Waals surface area (Å²) in [5, 5.41) is 0. The van der Waals surface area contributed by atoms with Crippen molar-refractivity contribution in [3.63, 3.8) is 0 Å². The molecule has 3 aromatic rings. The fraction of sp³-hybridized carbons (Fsp3) is 0.227. The lowest BCUT2D eigenvalue weighted by Crippen LogP contribution is -2.32. The molecule has 1 amide bonds. The number of carbonyl (C=O) groups is 1. The van der Waals surface area contributed by atoms with Crippen molar-refractivity contribution in [3.8, 4) is 22.8 Å². The molecule has 1 aliphatic heterocycles. The molecule has 32 heavy (non-hydrogen) atoms. The highest BCUT2D eigenvalue weighted by atomic mass is 19.1. The van der Waals surface area contributed by atoms with E-state index in [2.05, 4.69) is 9.83 Å². The van der Waals surface area contributed by atoms with Crippen LogP contribution in [0.1, 0.15) is 16.9 Å². The van der Waals surface area contributed by atoms with E-state index in [0.29, 0.717) is 13.0 Å². The highest BCUT2D eigenvalue weighted by Gasteiger charge is 2.31. The van der Waals surface area contributed by atoms with E-state index < -0.39 is 29.2 Å². The third kappa shape index (κ3) is 3.67. The van der Waals surface area contributed by atoms with Gasteiger partial charge in [-0.05, 0) is 24.6 Å². The van der Waals surface area contributed by atoms with Crippen LogP contribution in [-0.4, -0.2) is 46.6 Å². The van der Waals surface area contributed by atoms with Crippen LogP contribution in [0.25, 0.3) is 21.9 Å². The Balaban J connectivity index is 1.89. The average molecular weight is 441 g/mol. The molecule has 0 radical (unpaired) electrons. The average Bonchev–Trinajstić information content (AvgIpc) is 3.36. The van der Waals surface area contributed by atoms with E-state index >= 15 is 4.39 Å². The molecule has 2 aromatic carbocycles. The molecule has 7 nitrogen and oxygen atoms in total. The highest BCUT2D eigenvalue weighted by molar-refractivity contribution is 5.93. The standard InChI is InChI=1S/C22H18F3N5O2/c1-27-17-5-3-12(9-15(17)23)21-28-19(22(31)29-8-7-13(26)11-29)20(25)30(21)14-4-6-18(32-2)16(24)10-14/h3-6,9-10,13H,7-8,11,26H2,2H3/t13-/m0/s1. The maximum absolute atomic E-state index is 15.6. The van der Waals surface area contributed by atoms with Gasteiger partial charge in [0, 0.05) is 30.8 Å². The number of methoxy groups -OCH3 is 1. The van der Waals surface area contributed by atoms with Gasteiger partial charge in [-0.25, -0.2) is 18.6 Å². The van der Waals surface area contributed by atoms with Crippen molar-refractivity contribution in [2.75, 3.05) is 20.2 Å². The van der Waals surface area contributed by atoms with Crippen molar-refractivity contribution in [2.24, 2.45) is 5.73 Å². The second-order valence-corrected chi connectivity index (χ2v) is 7.31. The van der Waals surface area contributed by atoms with E-state index in [9.17, 15) is 13.6 Å². The quantitative estimate of drug-likeness (QED) is 0.627. The number of hydrogen-bond donors (Lipinski definition) is 1. The van der Waals surface area contributed by atoms with Gasteiger partial charge in [0.05, 0.1) is 19.4 Å². The van der Waals surface area contributed by atoms with Crippen LogP contribution in [0.15, 0.2) is 36.4 Å². The van der Waals surface area contributed by atoms with Crippen LogP contribution >= 0.6 is 0 Å². The van der Waals surface area contributed by atoms with Gasteiger partial charge in [-0.15, -0.1) is 0 Å². The van der Waals surface area contributed by atoms with E-state index in [0.717, 1.165) is 16.7 Å². The minimum atomic E-state index is -1.02. The minimum Gasteiger partial charge on any atom is -0.494 e. The number of rotatable bonds is 4. The Bertz CT molecular complexity index is 1250. The number of ether oxygens (including phenoxy) is 1. The summed E-state index contributed by atoms with van der Waals surface area (Å²) >= 11 is 0. The second kappa shape index (κ2) is 8.36. The van der Waals surface area contributed by atoms with Crippen LogP contribution in [0.5, 0.6) is 5.75 Å². The number of amides is 1. The zero-order valence-electron chi connectivity index (χ0n) is 17.0. The summed E-state index contributed by atoms with van der Waals surface area (Å²) in [6, 6.07) is 7.13. The number of likely N-dealkylation sites (tertiary alicyclic amines) is 1. The number of halogens is 3. The van der Waals surface area contributed by atoms with Gasteiger partial charge in [0.1, 0.15) is 11.6 Å². The molecule has 0 unspecified atom stereocenters. The first kappa shape index (κ1) is 21.4. The number of hydrogen-bond acceptors (Lipinski definition) is 4. The Kier molecular flexibility index (Phi) is 5.59. The molecule has 164 valence electrons. The van der Waals surface area contributed by atoms with Crippen LogP contribution in [-0.2, 0) is 0 Å². The molecule has 1 aromatic heterocycles. The van der Waals surface area contributed by atoms with Crippen molar-refractivity contribution in [2.45, 2.75) is 12.5 Å². The van der Waals surface area contributed by atoms with Gasteiger partial charge in [0.2, 0.25) is 11.6 Å². The number of nitrogens with two attached hydrogens (primary N) is 1. The molecule has 2 heterocycles. The SMILES string of the molecule is [C-]#[N+]c1ccc(-c2nc(C(=O)N3CC[C@H](N)C3)c(F)n2-c2ccc(OC)c(F)c2)cc1F. The molecule has 1 fully saturated rings. The van der Waals surface area contributed by atoms with Crippen molar-refractivity contribution in [1.29, 1.82) is 0 Å². The second-order valence-electron chi connectivity index (χ2n) is 7.31. The zero-order valence-corrected chi connectivity index (χ0v) is 17.0. The lowest BCUT2D eigenvalue weighted by atomic mass is 10.1. The largest absolute Gasteiger partial charge is 0.494 e. The Morgan fingerprint density at radius 2 is 2.00 bits per heavy atom. The fourth-order valence-corrected chi connectivity index (χ4v) is 3.62. The number of carbonyl (C=O) groups excluding carboxylic acids is 1. The molecule has 0 bridgehead atoms. The number of benzene rings is 2. The van der Waals surface area contributed by atoms with Crippen molar-refractivity contribution < 1.29 is 22.7 Å². The molecule has 4 rings (SSSR count). The van der Waals surface area contributed by atoms with E-state index in [4.69, 9.17) is 17.0 Å². The highest BCUT2D eigenvalue weighted by Crippen LogP contribution is 2.31. The number of nitrogens with zero attached hydrogens (tertiary/aromatic N) is 4. The van der Waals surface area contributed by atoms with E-state index in [1.807, 2.05) is 0 Å². The summed E-state index contributed by atoms with van der Waals surface area (Å²) in [6.07, 6.45) is 0.577. The third-order valence-electron chi connectivity index (χ3n) is 5.26. The van der Waals surface area contributed by atoms with E-state index in [1.165, 1.54) is 36.3 Å². The smallest absolute Gasteiger partial charge is 0.277 e. The van der Waals surface area contributed by atoms with Crippen LogP contribution in [0.2, 0.25) is 0 Å². The van der Waals surface area contributed by atoms with Crippen LogP contribution < -0.4 is 10.5 Å². The van der Waals surface area contributed by atoms with Crippen molar-refractivity contribution in [1.82, 2.24) is 14.5 Å². The van der Waals surface area contributed by atoms with E-state index in [1.54, 1.807) is 0 Å². The fourth-order valence-electron chi connectivity index (χ4n) is 3.62. The van der Waals surface area contributed by atoms with Crippen LogP contribution in [0.4, 0.5) is 18.9 Å². The molecule has 10 heteroatoms. The summed E-state index contributed by atoms with van der Waals surface area (Å²) in [4.78, 5) is 21.5. The topological polar surface area (TPSA) is 77.7 Å². The summed E-state index contributed by atoms with van der Waals surface area (Å²) in [6.45, 7) is 7.61. The predicted octanol–water partition coefficient (Wildman–Crippen LogP) is 3.69. The molecule has 1 saturated heterocycles.